The summed E-state index contributed by atoms with van der Waals surface area (Å²) >= 11 is 12.3. The number of sulfonamides is 1. The first kappa shape index (κ1) is 25.4. The lowest BCUT2D eigenvalue weighted by Crippen LogP contribution is -2.40. The number of hydrogen-bond acceptors (Lipinski definition) is 4. The summed E-state index contributed by atoms with van der Waals surface area (Å²) < 4.78 is 28.0. The van der Waals surface area contributed by atoms with Gasteiger partial charge < -0.3 is 10.2 Å². The molecule has 184 valence electrons. The molecular formula is C26H27Cl2N3O3S. The number of carbonyl (C=O) groups is 1. The highest BCUT2D eigenvalue weighted by molar-refractivity contribution is 7.92. The van der Waals surface area contributed by atoms with E-state index >= 15 is 0 Å². The lowest BCUT2D eigenvalue weighted by Gasteiger charge is -2.24. The van der Waals surface area contributed by atoms with Crippen molar-refractivity contribution >= 4 is 50.5 Å². The normalized spacial score (nSPS) is 13.6. The lowest BCUT2D eigenvalue weighted by atomic mass is 10.2. The molecule has 0 unspecified atom stereocenters. The van der Waals surface area contributed by atoms with Gasteiger partial charge in [-0.2, -0.15) is 0 Å². The van der Waals surface area contributed by atoms with Crippen LogP contribution in [0.4, 0.5) is 11.4 Å². The van der Waals surface area contributed by atoms with Crippen LogP contribution in [0.3, 0.4) is 0 Å². The van der Waals surface area contributed by atoms with Crippen LogP contribution < -0.4 is 14.5 Å². The van der Waals surface area contributed by atoms with Gasteiger partial charge in [0, 0.05) is 35.4 Å². The molecule has 0 spiro atoms. The van der Waals surface area contributed by atoms with E-state index < -0.39 is 22.5 Å². The molecule has 1 amide bonds. The smallest absolute Gasteiger partial charge is 0.264 e. The van der Waals surface area contributed by atoms with E-state index in [0.717, 1.165) is 28.5 Å². The summed E-state index contributed by atoms with van der Waals surface area (Å²) in [6, 6.07) is 19.0. The minimum atomic E-state index is -4.05. The van der Waals surface area contributed by atoms with Crippen molar-refractivity contribution in [1.29, 1.82) is 0 Å². The van der Waals surface area contributed by atoms with Crippen LogP contribution in [-0.4, -0.2) is 34.0 Å². The van der Waals surface area contributed by atoms with Crippen LogP contribution in [0.25, 0.3) is 0 Å². The quantitative estimate of drug-likeness (QED) is 0.421. The largest absolute Gasteiger partial charge is 0.372 e. The first-order valence-electron chi connectivity index (χ1n) is 11.4. The van der Waals surface area contributed by atoms with E-state index in [9.17, 15) is 13.2 Å². The zero-order valence-corrected chi connectivity index (χ0v) is 21.7. The summed E-state index contributed by atoms with van der Waals surface area (Å²) in [6.45, 7) is 3.87. The Hall–Kier alpha value is -2.74. The van der Waals surface area contributed by atoms with E-state index in [1.807, 2.05) is 19.1 Å². The molecule has 35 heavy (non-hydrogen) atoms. The molecule has 1 aliphatic heterocycles. The van der Waals surface area contributed by atoms with Crippen molar-refractivity contribution in [2.24, 2.45) is 0 Å². The number of hydrogen-bond donors (Lipinski definition) is 1. The number of nitrogens with one attached hydrogen (secondary N) is 1. The number of rotatable bonds is 8. The van der Waals surface area contributed by atoms with Crippen molar-refractivity contribution in [1.82, 2.24) is 5.32 Å². The topological polar surface area (TPSA) is 69.7 Å². The molecule has 0 bridgehead atoms. The molecule has 1 saturated heterocycles. The zero-order chi connectivity index (χ0) is 25.0. The second-order valence-electron chi connectivity index (χ2n) is 8.59. The van der Waals surface area contributed by atoms with Gasteiger partial charge in [-0.25, -0.2) is 8.42 Å². The predicted octanol–water partition coefficient (Wildman–Crippen LogP) is 5.41. The van der Waals surface area contributed by atoms with Gasteiger partial charge in [0.05, 0.1) is 10.6 Å². The summed E-state index contributed by atoms with van der Waals surface area (Å²) in [7, 11) is -4.05. The van der Waals surface area contributed by atoms with Crippen LogP contribution in [-0.2, 0) is 21.4 Å². The standard InChI is InChI=1S/C26H27Cl2N3O3S/c1-19-4-10-25(11-5-19)35(33,34)31(24-15-21(27)14-22(28)16-24)18-26(32)29-17-20-6-8-23(9-7-20)30-12-2-3-13-30/h4-11,14-16H,2-3,12-13,17-18H2,1H3,(H,29,32). The van der Waals surface area contributed by atoms with E-state index in [1.165, 1.54) is 48.9 Å². The molecule has 0 saturated carbocycles. The van der Waals surface area contributed by atoms with Gasteiger partial charge in [-0.05, 0) is 67.8 Å². The highest BCUT2D eigenvalue weighted by atomic mass is 35.5. The molecular weight excluding hydrogens is 505 g/mol. The van der Waals surface area contributed by atoms with E-state index in [2.05, 4.69) is 22.3 Å². The van der Waals surface area contributed by atoms with Crippen molar-refractivity contribution in [2.45, 2.75) is 31.2 Å². The molecule has 4 rings (SSSR count). The molecule has 6 nitrogen and oxygen atoms in total. The molecule has 0 radical (unpaired) electrons. The van der Waals surface area contributed by atoms with E-state index in [-0.39, 0.29) is 27.2 Å². The Balaban J connectivity index is 1.51. The molecule has 3 aromatic rings. The number of benzene rings is 3. The third-order valence-electron chi connectivity index (χ3n) is 5.93. The first-order valence-corrected chi connectivity index (χ1v) is 13.6. The molecule has 0 aromatic heterocycles. The number of anilines is 2. The van der Waals surface area contributed by atoms with Gasteiger partial charge in [0.2, 0.25) is 5.91 Å². The van der Waals surface area contributed by atoms with Crippen LogP contribution in [0.2, 0.25) is 10.0 Å². The molecule has 1 fully saturated rings. The number of amides is 1. The summed E-state index contributed by atoms with van der Waals surface area (Å²) in [5, 5.41) is 3.37. The predicted molar refractivity (Wildman–Crippen MR) is 142 cm³/mol. The summed E-state index contributed by atoms with van der Waals surface area (Å²) in [6.07, 6.45) is 2.41. The second-order valence-corrected chi connectivity index (χ2v) is 11.3. The minimum Gasteiger partial charge on any atom is -0.372 e. The van der Waals surface area contributed by atoms with Gasteiger partial charge >= 0.3 is 0 Å². The Bertz CT molecular complexity index is 1270. The Morgan fingerprint density at radius 2 is 1.54 bits per heavy atom. The molecule has 0 atom stereocenters. The first-order chi connectivity index (χ1) is 16.7. The number of halogens is 2. The van der Waals surface area contributed by atoms with Crippen molar-refractivity contribution in [3.8, 4) is 0 Å². The molecule has 1 heterocycles. The Morgan fingerprint density at radius 1 is 0.943 bits per heavy atom. The van der Waals surface area contributed by atoms with Gasteiger partial charge in [0.1, 0.15) is 6.54 Å². The van der Waals surface area contributed by atoms with Crippen LogP contribution in [0.1, 0.15) is 24.0 Å². The van der Waals surface area contributed by atoms with Crippen molar-refractivity contribution < 1.29 is 13.2 Å². The van der Waals surface area contributed by atoms with Gasteiger partial charge in [-0.3, -0.25) is 9.10 Å². The van der Waals surface area contributed by atoms with E-state index in [1.54, 1.807) is 12.1 Å². The molecule has 1 N–H and O–H groups in total. The second kappa shape index (κ2) is 10.9. The van der Waals surface area contributed by atoms with Gasteiger partial charge in [0.25, 0.3) is 10.0 Å². The van der Waals surface area contributed by atoms with Crippen LogP contribution in [0.5, 0.6) is 0 Å². The van der Waals surface area contributed by atoms with Crippen molar-refractivity contribution in [3.63, 3.8) is 0 Å². The van der Waals surface area contributed by atoms with E-state index in [0.29, 0.717) is 0 Å². The van der Waals surface area contributed by atoms with Crippen molar-refractivity contribution in [3.05, 3.63) is 87.9 Å². The average Bonchev–Trinajstić information content (AvgIpc) is 3.36. The Labute approximate surface area is 216 Å². The van der Waals surface area contributed by atoms with Crippen LogP contribution in [0, 0.1) is 6.92 Å². The fraction of sp³-hybridized carbons (Fsp3) is 0.269. The SMILES string of the molecule is Cc1ccc(S(=O)(=O)N(CC(=O)NCc2ccc(N3CCCC3)cc2)c2cc(Cl)cc(Cl)c2)cc1. The van der Waals surface area contributed by atoms with Crippen LogP contribution in [0.15, 0.2) is 71.6 Å². The average molecular weight is 532 g/mol. The Kier molecular flexibility index (Phi) is 7.89. The van der Waals surface area contributed by atoms with Gasteiger partial charge in [0.15, 0.2) is 0 Å². The maximum absolute atomic E-state index is 13.5. The minimum absolute atomic E-state index is 0.0736. The maximum Gasteiger partial charge on any atom is 0.264 e. The number of carbonyl (C=O) groups excluding carboxylic acids is 1. The number of aryl methyl sites for hydroxylation is 1. The molecule has 9 heteroatoms. The van der Waals surface area contributed by atoms with Gasteiger partial charge in [-0.15, -0.1) is 0 Å². The zero-order valence-electron chi connectivity index (χ0n) is 19.4. The monoisotopic (exact) mass is 531 g/mol. The summed E-state index contributed by atoms with van der Waals surface area (Å²) in [4.78, 5) is 15.3. The van der Waals surface area contributed by atoms with Crippen LogP contribution >= 0.6 is 23.2 Å². The highest BCUT2D eigenvalue weighted by Gasteiger charge is 2.27. The maximum atomic E-state index is 13.5. The summed E-state index contributed by atoms with van der Waals surface area (Å²) in [5.41, 5.74) is 3.24. The van der Waals surface area contributed by atoms with E-state index in [4.69, 9.17) is 23.2 Å². The molecule has 0 aliphatic carbocycles. The fourth-order valence-corrected chi connectivity index (χ4v) is 5.94. The third kappa shape index (κ3) is 6.28. The molecule has 3 aromatic carbocycles. The Morgan fingerprint density at radius 3 is 2.14 bits per heavy atom. The summed E-state index contributed by atoms with van der Waals surface area (Å²) in [5.74, 6) is -0.444. The lowest BCUT2D eigenvalue weighted by molar-refractivity contribution is -0.119. The third-order valence-corrected chi connectivity index (χ3v) is 8.15. The fourth-order valence-electron chi connectivity index (χ4n) is 4.02. The number of nitrogens with zero attached hydrogens (tertiary/aromatic N) is 2. The molecule has 1 aliphatic rings. The van der Waals surface area contributed by atoms with Gasteiger partial charge in [-0.1, -0.05) is 53.0 Å². The highest BCUT2D eigenvalue weighted by Crippen LogP contribution is 2.30. The van der Waals surface area contributed by atoms with Crippen molar-refractivity contribution in [2.75, 3.05) is 28.8 Å².